The number of phosphoric acid groups is 2. The Kier molecular flexibility index (Phi) is 65.2. The number of ether oxygens (including phenoxy) is 4. The van der Waals surface area contributed by atoms with Crippen LogP contribution >= 0.6 is 15.6 Å². The van der Waals surface area contributed by atoms with Gasteiger partial charge >= 0.3 is 39.5 Å². The van der Waals surface area contributed by atoms with E-state index in [9.17, 15) is 43.2 Å². The second-order valence-corrected chi connectivity index (χ2v) is 31.7. The Labute approximate surface area is 581 Å². The number of aliphatic hydroxyl groups excluding tert-OH is 1. The second-order valence-electron chi connectivity index (χ2n) is 28.8. The first-order valence-electron chi connectivity index (χ1n) is 39.3. The fourth-order valence-corrected chi connectivity index (χ4v) is 13.2. The van der Waals surface area contributed by atoms with Crippen molar-refractivity contribution in [2.24, 2.45) is 17.8 Å². The van der Waals surface area contributed by atoms with Crippen molar-refractivity contribution < 1.29 is 80.2 Å². The highest BCUT2D eigenvalue weighted by Gasteiger charge is 2.30. The number of hydrogen-bond acceptors (Lipinski definition) is 15. The number of phosphoric ester groups is 2. The number of carbonyl (C=O) groups is 4. The van der Waals surface area contributed by atoms with Gasteiger partial charge in [0.05, 0.1) is 26.4 Å². The van der Waals surface area contributed by atoms with E-state index < -0.39 is 97.5 Å². The third-order valence-corrected chi connectivity index (χ3v) is 19.5. The van der Waals surface area contributed by atoms with Crippen molar-refractivity contribution >= 4 is 39.5 Å². The van der Waals surface area contributed by atoms with Gasteiger partial charge in [0.2, 0.25) is 0 Å². The van der Waals surface area contributed by atoms with Gasteiger partial charge < -0.3 is 33.8 Å². The third-order valence-electron chi connectivity index (χ3n) is 17.6. The Hall–Kier alpha value is -1.94. The summed E-state index contributed by atoms with van der Waals surface area (Å²) in [4.78, 5) is 72.5. The Balaban J connectivity index is 5.12. The fourth-order valence-electron chi connectivity index (χ4n) is 11.6. The predicted molar refractivity (Wildman–Crippen MR) is 386 cm³/mol. The van der Waals surface area contributed by atoms with Gasteiger partial charge in [0, 0.05) is 25.7 Å². The van der Waals surface area contributed by atoms with Crippen LogP contribution in [0.2, 0.25) is 0 Å². The van der Waals surface area contributed by atoms with Crippen molar-refractivity contribution in [2.45, 2.75) is 407 Å². The molecule has 0 spiro atoms. The minimum atomic E-state index is -4.96. The lowest BCUT2D eigenvalue weighted by molar-refractivity contribution is -0.161. The molecule has 0 saturated heterocycles. The number of rotatable bonds is 74. The highest BCUT2D eigenvalue weighted by Crippen LogP contribution is 2.45. The molecule has 95 heavy (non-hydrogen) atoms. The molecular weight excluding hydrogens is 1250 g/mol. The Morgan fingerprint density at radius 1 is 0.284 bits per heavy atom. The largest absolute Gasteiger partial charge is 0.472 e. The van der Waals surface area contributed by atoms with Crippen molar-refractivity contribution in [3.63, 3.8) is 0 Å². The summed E-state index contributed by atoms with van der Waals surface area (Å²) in [5.74, 6) is 0.214. The van der Waals surface area contributed by atoms with Crippen molar-refractivity contribution in [3.05, 3.63) is 0 Å². The zero-order valence-electron chi connectivity index (χ0n) is 62.1. The van der Waals surface area contributed by atoms with Crippen LogP contribution < -0.4 is 0 Å². The highest BCUT2D eigenvalue weighted by molar-refractivity contribution is 7.47. The predicted octanol–water partition coefficient (Wildman–Crippen LogP) is 22.2. The molecule has 0 aliphatic rings. The van der Waals surface area contributed by atoms with Gasteiger partial charge in [0.25, 0.3) is 0 Å². The van der Waals surface area contributed by atoms with E-state index in [4.69, 9.17) is 37.0 Å². The van der Waals surface area contributed by atoms with Gasteiger partial charge in [-0.2, -0.15) is 0 Å². The zero-order chi connectivity index (χ0) is 70.1. The molecule has 0 saturated carbocycles. The first-order valence-corrected chi connectivity index (χ1v) is 42.3. The molecule has 5 atom stereocenters. The molecular formula is C76H148O17P2. The van der Waals surface area contributed by atoms with Crippen molar-refractivity contribution in [3.8, 4) is 0 Å². The molecule has 0 aromatic carbocycles. The van der Waals surface area contributed by atoms with E-state index in [1.54, 1.807) is 0 Å². The maximum absolute atomic E-state index is 13.1. The number of hydrogen-bond donors (Lipinski definition) is 3. The lowest BCUT2D eigenvalue weighted by Crippen LogP contribution is -2.30. The van der Waals surface area contributed by atoms with Crippen LogP contribution in [0.1, 0.15) is 389 Å². The smallest absolute Gasteiger partial charge is 0.462 e. The van der Waals surface area contributed by atoms with Gasteiger partial charge in [0.1, 0.15) is 19.3 Å². The fraction of sp³-hybridized carbons (Fsp3) is 0.947. The van der Waals surface area contributed by atoms with Crippen LogP contribution in [0.5, 0.6) is 0 Å². The minimum absolute atomic E-state index is 0.104. The van der Waals surface area contributed by atoms with Gasteiger partial charge in [-0.15, -0.1) is 0 Å². The molecule has 0 amide bonds. The Morgan fingerprint density at radius 3 is 0.716 bits per heavy atom. The average molecular weight is 1400 g/mol. The summed E-state index contributed by atoms with van der Waals surface area (Å²) >= 11 is 0. The summed E-state index contributed by atoms with van der Waals surface area (Å²) < 4.78 is 68.2. The van der Waals surface area contributed by atoms with E-state index in [0.29, 0.717) is 25.7 Å². The first-order chi connectivity index (χ1) is 45.7. The van der Waals surface area contributed by atoms with Crippen LogP contribution in [0.3, 0.4) is 0 Å². The topological polar surface area (TPSA) is 237 Å². The lowest BCUT2D eigenvalue weighted by Gasteiger charge is -2.21. The maximum atomic E-state index is 13.1. The molecule has 3 N–H and O–H groups in total. The Morgan fingerprint density at radius 2 is 0.484 bits per heavy atom. The van der Waals surface area contributed by atoms with E-state index in [-0.39, 0.29) is 25.7 Å². The number of unbranched alkanes of at least 4 members (excludes halogenated alkanes) is 42. The molecule has 19 heteroatoms. The number of esters is 4. The van der Waals surface area contributed by atoms with Crippen LogP contribution in [0.4, 0.5) is 0 Å². The summed E-state index contributed by atoms with van der Waals surface area (Å²) in [5.41, 5.74) is 0. The quantitative estimate of drug-likeness (QED) is 0.0222. The van der Waals surface area contributed by atoms with Crippen LogP contribution in [0.25, 0.3) is 0 Å². The highest BCUT2D eigenvalue weighted by atomic mass is 31.2. The van der Waals surface area contributed by atoms with Gasteiger partial charge in [-0.25, -0.2) is 9.13 Å². The monoisotopic (exact) mass is 1400 g/mol. The molecule has 2 unspecified atom stereocenters. The molecule has 0 aromatic rings. The summed E-state index contributed by atoms with van der Waals surface area (Å²) in [5, 5.41) is 10.6. The molecule has 0 fully saturated rings. The SMILES string of the molecule is CCCCCCCC(=O)OC[C@H](COP(=O)(O)OC[C@H](O)COP(=O)(O)OC[C@@H](COC(=O)CCCCCCCCCCCCCCCCCC(C)C)OC(=O)CCCCCCCCCCCCCCCCCCCCC(C)C)OC(=O)CCCCCCCCCCC(C)C. The average Bonchev–Trinajstić information content (AvgIpc) is 1.95. The lowest BCUT2D eigenvalue weighted by atomic mass is 10.0. The van der Waals surface area contributed by atoms with E-state index in [2.05, 4.69) is 48.5 Å². The maximum Gasteiger partial charge on any atom is 0.472 e. The first kappa shape index (κ1) is 93.1. The van der Waals surface area contributed by atoms with E-state index in [1.165, 1.54) is 193 Å². The number of carbonyl (C=O) groups excluding carboxylic acids is 4. The summed E-state index contributed by atoms with van der Waals surface area (Å²) in [7, 11) is -9.90. The van der Waals surface area contributed by atoms with Gasteiger partial charge in [-0.05, 0) is 43.4 Å². The minimum Gasteiger partial charge on any atom is -0.462 e. The standard InChI is InChI=1S/C76H148O17P2/c1-8-9-10-40-50-57-73(78)86-63-71(92-76(81)60-53-46-39-33-32-36-43-49-56-69(6)7)65-90-94(82,83)88-61-70(77)62-89-95(84,85)91-66-72(64-87-74(79)58-51-44-37-30-26-22-19-15-17-21-25-29-35-42-48-55-68(4)5)93-75(80)59-52-45-38-31-27-23-18-14-12-11-13-16-20-24-28-34-41-47-54-67(2)3/h67-72,77H,8-66H2,1-7H3,(H,82,83)(H,84,85)/t70-,71+,72+/m0/s1. The second kappa shape index (κ2) is 66.6. The zero-order valence-corrected chi connectivity index (χ0v) is 63.9. The summed E-state index contributed by atoms with van der Waals surface area (Å²) in [6.45, 7) is 11.8. The van der Waals surface area contributed by atoms with Crippen molar-refractivity contribution in [1.29, 1.82) is 0 Å². The molecule has 564 valence electrons. The molecule has 0 rings (SSSR count). The van der Waals surface area contributed by atoms with E-state index >= 15 is 0 Å². The van der Waals surface area contributed by atoms with E-state index in [0.717, 1.165) is 114 Å². The molecule has 0 aliphatic heterocycles. The molecule has 0 bridgehead atoms. The van der Waals surface area contributed by atoms with Gasteiger partial charge in [0.15, 0.2) is 12.2 Å². The summed E-state index contributed by atoms with van der Waals surface area (Å²) in [6, 6.07) is 0. The molecule has 0 radical (unpaired) electrons. The molecule has 0 heterocycles. The van der Waals surface area contributed by atoms with Gasteiger partial charge in [-0.1, -0.05) is 337 Å². The third kappa shape index (κ3) is 70.3. The molecule has 17 nitrogen and oxygen atoms in total. The number of aliphatic hydroxyl groups is 1. The van der Waals surface area contributed by atoms with Crippen LogP contribution in [-0.2, 0) is 65.4 Å². The van der Waals surface area contributed by atoms with Gasteiger partial charge in [-0.3, -0.25) is 37.3 Å². The normalized spacial score (nSPS) is 14.1. The van der Waals surface area contributed by atoms with E-state index in [1.807, 2.05) is 0 Å². The van der Waals surface area contributed by atoms with Crippen molar-refractivity contribution in [1.82, 2.24) is 0 Å². The van der Waals surface area contributed by atoms with Crippen LogP contribution in [0.15, 0.2) is 0 Å². The molecule has 0 aromatic heterocycles. The molecule has 0 aliphatic carbocycles. The van der Waals surface area contributed by atoms with Crippen LogP contribution in [-0.4, -0.2) is 96.7 Å². The van der Waals surface area contributed by atoms with Crippen molar-refractivity contribution in [2.75, 3.05) is 39.6 Å². The Bertz CT molecular complexity index is 1850. The van der Waals surface area contributed by atoms with Crippen LogP contribution in [0, 0.1) is 17.8 Å². The summed E-state index contributed by atoms with van der Waals surface area (Å²) in [6.07, 6.45) is 53.3.